The summed E-state index contributed by atoms with van der Waals surface area (Å²) in [4.78, 5) is 45.3. The van der Waals surface area contributed by atoms with Crippen LogP contribution in [0.4, 0.5) is 5.69 Å². The molecule has 0 atom stereocenters. The van der Waals surface area contributed by atoms with E-state index in [-0.39, 0.29) is 11.8 Å². The van der Waals surface area contributed by atoms with Gasteiger partial charge in [-0.25, -0.2) is 9.78 Å². The van der Waals surface area contributed by atoms with Crippen LogP contribution in [-0.2, 0) is 0 Å². The van der Waals surface area contributed by atoms with Gasteiger partial charge in [0.05, 0.1) is 25.4 Å². The van der Waals surface area contributed by atoms with Crippen molar-refractivity contribution in [1.82, 2.24) is 15.2 Å². The number of carbonyl (C=O) groups excluding carboxylic acids is 2. The van der Waals surface area contributed by atoms with Crippen molar-refractivity contribution < 1.29 is 23.5 Å². The molecule has 1 aromatic heterocycles. The quantitative estimate of drug-likeness (QED) is 0.154. The van der Waals surface area contributed by atoms with Crippen molar-refractivity contribution in [2.45, 2.75) is 12.8 Å². The lowest BCUT2D eigenvalue weighted by Crippen LogP contribution is -2.34. The number of ether oxygens (including phenoxy) is 2. The average Bonchev–Trinajstić information content (AvgIpc) is 3.74. The van der Waals surface area contributed by atoms with Crippen molar-refractivity contribution in [2.75, 3.05) is 45.7 Å². The smallest absolute Gasteiger partial charge is 0.350 e. The van der Waals surface area contributed by atoms with E-state index in [9.17, 15) is 14.4 Å². The number of nitrogens with one attached hydrogen (secondary N) is 2. The highest BCUT2D eigenvalue weighted by atomic mass is 16.5. The van der Waals surface area contributed by atoms with Gasteiger partial charge in [-0.15, -0.1) is 0 Å². The lowest BCUT2D eigenvalue weighted by Gasteiger charge is -2.17. The van der Waals surface area contributed by atoms with E-state index < -0.39 is 5.63 Å². The molecule has 10 heteroatoms. The van der Waals surface area contributed by atoms with Crippen LogP contribution in [0.1, 0.15) is 33.6 Å². The molecule has 0 saturated carbocycles. The van der Waals surface area contributed by atoms with Crippen molar-refractivity contribution in [2.24, 2.45) is 0 Å². The molecule has 2 N–H and O–H groups in total. The first-order valence-corrected chi connectivity index (χ1v) is 17.9. The van der Waals surface area contributed by atoms with Gasteiger partial charge < -0.3 is 29.4 Å². The number of hydrogen-bond acceptors (Lipinski definition) is 8. The zero-order valence-electron chi connectivity index (χ0n) is 30.1. The summed E-state index contributed by atoms with van der Waals surface area (Å²) < 4.78 is 16.1. The van der Waals surface area contributed by atoms with Crippen LogP contribution in [0, 0.1) is 0 Å². The number of likely N-dealkylation sites (tertiary alicyclic amines) is 1. The van der Waals surface area contributed by atoms with Gasteiger partial charge in [-0.1, -0.05) is 84.9 Å². The minimum absolute atomic E-state index is 0.259. The third kappa shape index (κ3) is 7.65. The largest absolute Gasteiger partial charge is 0.496 e. The second-order valence-corrected chi connectivity index (χ2v) is 12.9. The molecule has 10 nitrogen and oxygen atoms in total. The molecule has 0 spiro atoms. The fraction of sp³-hybridized carbons (Fsp3) is 0.182. The summed E-state index contributed by atoms with van der Waals surface area (Å²) in [5.41, 5.74) is 2.22. The summed E-state index contributed by atoms with van der Waals surface area (Å²) in [6.45, 7) is 3.53. The molecule has 54 heavy (non-hydrogen) atoms. The summed E-state index contributed by atoms with van der Waals surface area (Å²) in [6.07, 6.45) is 2.43. The molecule has 0 aliphatic carbocycles. The Bertz CT molecular complexity index is 2510. The first-order valence-electron chi connectivity index (χ1n) is 17.9. The monoisotopic (exact) mass is 720 g/mol. The molecule has 7 aromatic rings. The van der Waals surface area contributed by atoms with E-state index in [2.05, 4.69) is 20.5 Å². The van der Waals surface area contributed by atoms with Crippen LogP contribution < -0.4 is 25.7 Å². The van der Waals surface area contributed by atoms with E-state index in [1.807, 2.05) is 78.9 Å². The number of fused-ring (bicyclic) bond motifs is 3. The topological polar surface area (TPSA) is 123 Å². The number of aromatic nitrogens is 1. The zero-order chi connectivity index (χ0) is 37.4. The molecule has 1 aliphatic rings. The fourth-order valence-corrected chi connectivity index (χ4v) is 6.86. The normalized spacial score (nSPS) is 12.6. The Labute approximate surface area is 312 Å². The van der Waals surface area contributed by atoms with Gasteiger partial charge in [0.15, 0.2) is 0 Å². The van der Waals surface area contributed by atoms with Crippen LogP contribution >= 0.6 is 0 Å². The van der Waals surface area contributed by atoms with Gasteiger partial charge in [0.25, 0.3) is 11.8 Å². The Morgan fingerprint density at radius 2 is 1.35 bits per heavy atom. The minimum atomic E-state index is -0.449. The SMILES string of the molecule is COc1cccc(NC(=O)c2cccc3ccccc23)c1C(=O)NCCN1CCCC1.COc1cccc2nc(-c3cccc4ccccc34)oc(=O)c12. The lowest BCUT2D eigenvalue weighted by molar-refractivity contribution is 0.0947. The predicted molar refractivity (Wildman–Crippen MR) is 213 cm³/mol. The molecule has 2 heterocycles. The van der Waals surface area contributed by atoms with E-state index in [0.717, 1.165) is 46.7 Å². The highest BCUT2D eigenvalue weighted by Gasteiger charge is 2.21. The third-order valence-corrected chi connectivity index (χ3v) is 9.53. The summed E-state index contributed by atoms with van der Waals surface area (Å²) in [5, 5.41) is 10.2. The molecule has 6 aromatic carbocycles. The van der Waals surface area contributed by atoms with Crippen molar-refractivity contribution in [3.05, 3.63) is 143 Å². The van der Waals surface area contributed by atoms with Gasteiger partial charge >= 0.3 is 5.63 Å². The summed E-state index contributed by atoms with van der Waals surface area (Å²) in [7, 11) is 3.04. The number of hydrogen-bond donors (Lipinski definition) is 2. The Morgan fingerprint density at radius 1 is 0.722 bits per heavy atom. The summed E-state index contributed by atoms with van der Waals surface area (Å²) >= 11 is 0. The Balaban J connectivity index is 0.000000174. The second-order valence-electron chi connectivity index (χ2n) is 12.9. The molecule has 1 aliphatic heterocycles. The Morgan fingerprint density at radius 3 is 2.11 bits per heavy atom. The molecule has 272 valence electrons. The van der Waals surface area contributed by atoms with Crippen molar-refractivity contribution >= 4 is 49.9 Å². The van der Waals surface area contributed by atoms with E-state index >= 15 is 0 Å². The molecule has 1 fully saturated rings. The molecule has 0 bridgehead atoms. The van der Waals surface area contributed by atoms with Gasteiger partial charge in [0.2, 0.25) is 5.89 Å². The second kappa shape index (κ2) is 16.4. The lowest BCUT2D eigenvalue weighted by atomic mass is 10.0. The zero-order valence-corrected chi connectivity index (χ0v) is 30.1. The first kappa shape index (κ1) is 35.9. The highest BCUT2D eigenvalue weighted by Crippen LogP contribution is 2.30. The first-order chi connectivity index (χ1) is 26.4. The number of carbonyl (C=O) groups is 2. The maximum Gasteiger partial charge on any atom is 0.350 e. The molecule has 0 radical (unpaired) electrons. The van der Waals surface area contributed by atoms with Crippen LogP contribution in [-0.4, -0.2) is 62.1 Å². The van der Waals surface area contributed by atoms with Gasteiger partial charge in [-0.05, 0) is 83.9 Å². The van der Waals surface area contributed by atoms with Crippen molar-refractivity contribution in [1.29, 1.82) is 0 Å². The van der Waals surface area contributed by atoms with Gasteiger partial charge in [-0.2, -0.15) is 0 Å². The molecule has 0 unspecified atom stereocenters. The maximum absolute atomic E-state index is 13.1. The maximum atomic E-state index is 13.1. The summed E-state index contributed by atoms with van der Waals surface area (Å²) in [6, 6.07) is 37.6. The van der Waals surface area contributed by atoms with E-state index in [4.69, 9.17) is 13.9 Å². The van der Waals surface area contributed by atoms with E-state index in [1.165, 1.54) is 27.1 Å². The number of benzene rings is 6. The minimum Gasteiger partial charge on any atom is -0.496 e. The van der Waals surface area contributed by atoms with Gasteiger partial charge in [-0.3, -0.25) is 9.59 Å². The number of nitrogens with zero attached hydrogens (tertiary/aromatic N) is 2. The molecule has 1 saturated heterocycles. The number of methoxy groups -OCH3 is 2. The molecule has 8 rings (SSSR count). The average molecular weight is 721 g/mol. The molecular formula is C44H40N4O6. The molecular weight excluding hydrogens is 681 g/mol. The van der Waals surface area contributed by atoms with Gasteiger partial charge in [0.1, 0.15) is 22.4 Å². The third-order valence-electron chi connectivity index (χ3n) is 9.53. The van der Waals surface area contributed by atoms with E-state index in [1.54, 1.807) is 42.5 Å². The Hall–Kier alpha value is -6.52. The van der Waals surface area contributed by atoms with E-state index in [0.29, 0.717) is 51.7 Å². The van der Waals surface area contributed by atoms with Crippen LogP contribution in [0.25, 0.3) is 43.9 Å². The molecule has 2 amide bonds. The standard InChI is InChI=1S/C25H27N3O3.C19H13NO3/c1-31-22-13-7-12-21(23(22)25(30)26-14-17-28-15-4-5-16-28)27-24(29)20-11-6-9-18-8-2-3-10-19(18)20;1-22-16-11-5-10-15-17(16)19(21)23-18(20-15)14-9-4-7-12-6-2-3-8-13(12)14/h2-3,6-13H,4-5,14-17H2,1H3,(H,26,30)(H,27,29);2-11H,1H3. The number of anilines is 1. The number of rotatable bonds is 9. The van der Waals surface area contributed by atoms with Crippen LogP contribution in [0.2, 0.25) is 0 Å². The number of amides is 2. The van der Waals surface area contributed by atoms with Crippen LogP contribution in [0.5, 0.6) is 11.5 Å². The van der Waals surface area contributed by atoms with Crippen LogP contribution in [0.15, 0.2) is 131 Å². The summed E-state index contributed by atoms with van der Waals surface area (Å²) in [5.74, 6) is 0.677. The fourth-order valence-electron chi connectivity index (χ4n) is 6.86. The van der Waals surface area contributed by atoms with Crippen molar-refractivity contribution in [3.63, 3.8) is 0 Å². The Kier molecular flexibility index (Phi) is 10.9. The van der Waals surface area contributed by atoms with Crippen LogP contribution in [0.3, 0.4) is 0 Å². The predicted octanol–water partition coefficient (Wildman–Crippen LogP) is 7.94. The van der Waals surface area contributed by atoms with Gasteiger partial charge in [0, 0.05) is 24.2 Å². The van der Waals surface area contributed by atoms with Crippen molar-refractivity contribution in [3.8, 4) is 23.0 Å². The highest BCUT2D eigenvalue weighted by molar-refractivity contribution is 6.15.